The summed E-state index contributed by atoms with van der Waals surface area (Å²) in [5.41, 5.74) is 4.76. The average Bonchev–Trinajstić information content (AvgIpc) is 2.99. The lowest BCUT2D eigenvalue weighted by atomic mass is 9.91. The normalized spacial score (nSPS) is 17.2. The number of ether oxygens (including phenoxy) is 1. The molecule has 32 heavy (non-hydrogen) atoms. The Morgan fingerprint density at radius 2 is 1.75 bits per heavy atom. The van der Waals surface area contributed by atoms with Crippen molar-refractivity contribution >= 4 is 5.91 Å². The van der Waals surface area contributed by atoms with Crippen molar-refractivity contribution < 1.29 is 9.53 Å². The van der Waals surface area contributed by atoms with Gasteiger partial charge in [-0.2, -0.15) is 0 Å². The zero-order valence-electron chi connectivity index (χ0n) is 18.9. The predicted molar refractivity (Wildman–Crippen MR) is 127 cm³/mol. The third-order valence-electron chi connectivity index (χ3n) is 6.25. The minimum atomic E-state index is -0.0707. The lowest BCUT2D eigenvalue weighted by Gasteiger charge is -2.24. The van der Waals surface area contributed by atoms with E-state index in [1.807, 2.05) is 41.6 Å². The maximum absolute atomic E-state index is 13.4. The Hall–Kier alpha value is -3.18. The monoisotopic (exact) mass is 429 g/mol. The number of hydrogen-bond donors (Lipinski definition) is 0. The molecule has 1 aromatic heterocycles. The maximum atomic E-state index is 13.4. The van der Waals surface area contributed by atoms with E-state index in [0.717, 1.165) is 50.5 Å². The van der Waals surface area contributed by atoms with Gasteiger partial charge in [-0.15, -0.1) is 0 Å². The van der Waals surface area contributed by atoms with E-state index >= 15 is 0 Å². The van der Waals surface area contributed by atoms with E-state index in [4.69, 9.17) is 4.74 Å². The van der Waals surface area contributed by atoms with Crippen molar-refractivity contribution in [3.63, 3.8) is 0 Å². The molecular formula is C27H31N3O2. The summed E-state index contributed by atoms with van der Waals surface area (Å²) in [4.78, 5) is 21.9. The van der Waals surface area contributed by atoms with Gasteiger partial charge in [-0.3, -0.25) is 14.7 Å². The number of amides is 1. The molecule has 4 rings (SSSR count). The van der Waals surface area contributed by atoms with Crippen LogP contribution in [0.1, 0.15) is 18.1 Å². The van der Waals surface area contributed by atoms with Gasteiger partial charge >= 0.3 is 0 Å². The fraction of sp³-hybridized carbons (Fsp3) is 0.333. The van der Waals surface area contributed by atoms with Crippen molar-refractivity contribution in [2.24, 2.45) is 5.92 Å². The fourth-order valence-electron chi connectivity index (χ4n) is 4.49. The van der Waals surface area contributed by atoms with Crippen LogP contribution < -0.4 is 4.74 Å². The summed E-state index contributed by atoms with van der Waals surface area (Å²) in [6.07, 6.45) is 4.36. The van der Waals surface area contributed by atoms with Crippen molar-refractivity contribution in [2.75, 3.05) is 33.3 Å². The van der Waals surface area contributed by atoms with Crippen LogP contribution in [0.4, 0.5) is 0 Å². The first-order chi connectivity index (χ1) is 15.7. The standard InChI is InChI=1S/C27H31N3O2/c1-3-30-17-16-29(19-21-8-10-25(32-2)11-9-21)20-24(27(30)31)18-23-6-4-5-7-26(23)22-12-14-28-15-13-22/h4-15,24H,3,16-20H2,1-2H3. The number of rotatable bonds is 7. The Bertz CT molecular complexity index is 1020. The third-order valence-corrected chi connectivity index (χ3v) is 6.25. The van der Waals surface area contributed by atoms with Gasteiger partial charge < -0.3 is 9.64 Å². The van der Waals surface area contributed by atoms with E-state index in [0.29, 0.717) is 0 Å². The molecular weight excluding hydrogens is 398 g/mol. The molecule has 1 aliphatic rings. The molecule has 1 aliphatic heterocycles. The zero-order valence-corrected chi connectivity index (χ0v) is 18.9. The minimum Gasteiger partial charge on any atom is -0.497 e. The van der Waals surface area contributed by atoms with Crippen molar-refractivity contribution in [1.82, 2.24) is 14.8 Å². The van der Waals surface area contributed by atoms with E-state index in [1.54, 1.807) is 7.11 Å². The summed E-state index contributed by atoms with van der Waals surface area (Å²) in [6, 6.07) is 20.7. The molecule has 3 aromatic rings. The number of likely N-dealkylation sites (N-methyl/N-ethyl adjacent to an activating group) is 1. The van der Waals surface area contributed by atoms with Gasteiger partial charge in [0.05, 0.1) is 13.0 Å². The van der Waals surface area contributed by atoms with Crippen LogP contribution in [0, 0.1) is 5.92 Å². The number of pyridine rings is 1. The van der Waals surface area contributed by atoms with Gasteiger partial charge in [0.15, 0.2) is 0 Å². The van der Waals surface area contributed by atoms with Gasteiger partial charge in [0.25, 0.3) is 0 Å². The molecule has 2 aromatic carbocycles. The van der Waals surface area contributed by atoms with E-state index in [1.165, 1.54) is 16.7 Å². The number of hydrogen-bond acceptors (Lipinski definition) is 4. The van der Waals surface area contributed by atoms with Crippen LogP contribution in [0.5, 0.6) is 5.75 Å². The first-order valence-corrected chi connectivity index (χ1v) is 11.3. The first kappa shape index (κ1) is 22.0. The zero-order chi connectivity index (χ0) is 22.3. The van der Waals surface area contributed by atoms with E-state index in [2.05, 4.69) is 53.2 Å². The van der Waals surface area contributed by atoms with Crippen LogP contribution in [0.15, 0.2) is 73.1 Å². The lowest BCUT2D eigenvalue weighted by Crippen LogP contribution is -2.37. The molecule has 0 spiro atoms. The number of carbonyl (C=O) groups is 1. The summed E-state index contributed by atoms with van der Waals surface area (Å²) in [5.74, 6) is 1.05. The molecule has 1 amide bonds. The second-order valence-corrected chi connectivity index (χ2v) is 8.30. The molecule has 0 radical (unpaired) electrons. The second kappa shape index (κ2) is 10.4. The highest BCUT2D eigenvalue weighted by molar-refractivity contribution is 5.80. The highest BCUT2D eigenvalue weighted by Crippen LogP contribution is 2.27. The Morgan fingerprint density at radius 1 is 1.00 bits per heavy atom. The lowest BCUT2D eigenvalue weighted by molar-refractivity contribution is -0.134. The molecule has 0 N–H and O–H groups in total. The van der Waals surface area contributed by atoms with Gasteiger partial charge in [0.2, 0.25) is 5.91 Å². The number of methoxy groups -OCH3 is 1. The first-order valence-electron chi connectivity index (χ1n) is 11.3. The topological polar surface area (TPSA) is 45.7 Å². The van der Waals surface area contributed by atoms with Crippen LogP contribution in [0.2, 0.25) is 0 Å². The van der Waals surface area contributed by atoms with Crippen LogP contribution in [0.3, 0.4) is 0 Å². The molecule has 1 atom stereocenters. The molecule has 1 saturated heterocycles. The van der Waals surface area contributed by atoms with Gasteiger partial charge in [-0.1, -0.05) is 36.4 Å². The SMILES string of the molecule is CCN1CCN(Cc2ccc(OC)cc2)CC(Cc2ccccc2-c2ccncc2)C1=O. The summed E-state index contributed by atoms with van der Waals surface area (Å²) in [6.45, 7) is 6.06. The largest absolute Gasteiger partial charge is 0.497 e. The van der Waals surface area contributed by atoms with Crippen LogP contribution >= 0.6 is 0 Å². The van der Waals surface area contributed by atoms with Crippen molar-refractivity contribution in [1.29, 1.82) is 0 Å². The highest BCUT2D eigenvalue weighted by atomic mass is 16.5. The van der Waals surface area contributed by atoms with Crippen molar-refractivity contribution in [2.45, 2.75) is 19.9 Å². The van der Waals surface area contributed by atoms with Gasteiger partial charge in [-0.25, -0.2) is 0 Å². The molecule has 166 valence electrons. The number of carbonyl (C=O) groups excluding carboxylic acids is 1. The fourth-order valence-corrected chi connectivity index (χ4v) is 4.49. The number of benzene rings is 2. The molecule has 5 heteroatoms. The summed E-state index contributed by atoms with van der Waals surface area (Å²) in [5, 5.41) is 0. The summed E-state index contributed by atoms with van der Waals surface area (Å²) in [7, 11) is 1.68. The summed E-state index contributed by atoms with van der Waals surface area (Å²) >= 11 is 0. The molecule has 0 saturated carbocycles. The average molecular weight is 430 g/mol. The molecule has 1 unspecified atom stereocenters. The van der Waals surface area contributed by atoms with Crippen LogP contribution in [-0.2, 0) is 17.8 Å². The maximum Gasteiger partial charge on any atom is 0.227 e. The molecule has 5 nitrogen and oxygen atoms in total. The number of aromatic nitrogens is 1. The van der Waals surface area contributed by atoms with E-state index in [9.17, 15) is 4.79 Å². The van der Waals surface area contributed by atoms with E-state index in [-0.39, 0.29) is 11.8 Å². The Kier molecular flexibility index (Phi) is 7.17. The van der Waals surface area contributed by atoms with Gasteiger partial charge in [0.1, 0.15) is 5.75 Å². The Morgan fingerprint density at radius 3 is 2.47 bits per heavy atom. The Balaban J connectivity index is 1.56. The minimum absolute atomic E-state index is 0.0707. The Labute approximate surface area is 190 Å². The summed E-state index contributed by atoms with van der Waals surface area (Å²) < 4.78 is 5.28. The molecule has 0 bridgehead atoms. The third kappa shape index (κ3) is 5.17. The van der Waals surface area contributed by atoms with Gasteiger partial charge in [-0.05, 0) is 59.9 Å². The van der Waals surface area contributed by atoms with Crippen molar-refractivity contribution in [3.8, 4) is 16.9 Å². The predicted octanol–water partition coefficient (Wildman–Crippen LogP) is 4.28. The molecule has 0 aliphatic carbocycles. The van der Waals surface area contributed by atoms with Crippen LogP contribution in [0.25, 0.3) is 11.1 Å². The highest BCUT2D eigenvalue weighted by Gasteiger charge is 2.30. The van der Waals surface area contributed by atoms with Gasteiger partial charge in [0, 0.05) is 45.1 Å². The second-order valence-electron chi connectivity index (χ2n) is 8.30. The molecule has 2 heterocycles. The van der Waals surface area contributed by atoms with Crippen LogP contribution in [-0.4, -0.2) is 54.0 Å². The quantitative estimate of drug-likeness (QED) is 0.562. The van der Waals surface area contributed by atoms with E-state index < -0.39 is 0 Å². The number of nitrogens with zero attached hydrogens (tertiary/aromatic N) is 3. The molecule has 1 fully saturated rings. The smallest absolute Gasteiger partial charge is 0.227 e. The van der Waals surface area contributed by atoms with Crippen molar-refractivity contribution in [3.05, 3.63) is 84.2 Å².